The highest BCUT2D eigenvalue weighted by Crippen LogP contribution is 2.21. The van der Waals surface area contributed by atoms with Crippen LogP contribution < -0.4 is 4.90 Å². The van der Waals surface area contributed by atoms with Crippen LogP contribution in [0.4, 0.5) is 5.69 Å². The lowest BCUT2D eigenvalue weighted by atomic mass is 10.1. The Morgan fingerprint density at radius 2 is 1.63 bits per heavy atom. The SMILES string of the molecule is Cc1ccnn1-c1ccc(C(=O)OCC(=O)c2ccc(N3CCCC3=O)cc2)cc1. The zero-order chi connectivity index (χ0) is 21.1. The molecule has 0 atom stereocenters. The van der Waals surface area contributed by atoms with Crippen molar-refractivity contribution < 1.29 is 19.1 Å². The topological polar surface area (TPSA) is 81.5 Å². The van der Waals surface area contributed by atoms with Gasteiger partial charge in [-0.1, -0.05) is 0 Å². The fourth-order valence-electron chi connectivity index (χ4n) is 3.42. The van der Waals surface area contributed by atoms with Crippen molar-refractivity contribution in [2.45, 2.75) is 19.8 Å². The first-order valence-electron chi connectivity index (χ1n) is 9.75. The van der Waals surface area contributed by atoms with Crippen LogP contribution >= 0.6 is 0 Å². The number of anilines is 1. The van der Waals surface area contributed by atoms with E-state index in [9.17, 15) is 14.4 Å². The van der Waals surface area contributed by atoms with Crippen molar-refractivity contribution in [1.82, 2.24) is 9.78 Å². The summed E-state index contributed by atoms with van der Waals surface area (Å²) in [6, 6.07) is 15.5. The first-order chi connectivity index (χ1) is 14.5. The number of rotatable bonds is 6. The van der Waals surface area contributed by atoms with Crippen LogP contribution in [-0.2, 0) is 9.53 Å². The van der Waals surface area contributed by atoms with E-state index in [0.717, 1.165) is 23.5 Å². The summed E-state index contributed by atoms with van der Waals surface area (Å²) >= 11 is 0. The van der Waals surface area contributed by atoms with Crippen molar-refractivity contribution in [2.24, 2.45) is 0 Å². The van der Waals surface area contributed by atoms with Crippen LogP contribution in [0.25, 0.3) is 5.69 Å². The van der Waals surface area contributed by atoms with Crippen molar-refractivity contribution in [3.05, 3.63) is 77.6 Å². The third-order valence-corrected chi connectivity index (χ3v) is 5.09. The second-order valence-corrected chi connectivity index (χ2v) is 7.13. The Labute approximate surface area is 173 Å². The Bertz CT molecular complexity index is 1080. The Hall–Kier alpha value is -3.74. The summed E-state index contributed by atoms with van der Waals surface area (Å²) in [6.45, 7) is 2.29. The van der Waals surface area contributed by atoms with Gasteiger partial charge >= 0.3 is 5.97 Å². The zero-order valence-electron chi connectivity index (χ0n) is 16.6. The summed E-state index contributed by atoms with van der Waals surface area (Å²) in [5.74, 6) is -0.769. The number of hydrogen-bond donors (Lipinski definition) is 0. The number of amides is 1. The predicted octanol–water partition coefficient (Wildman–Crippen LogP) is 3.35. The van der Waals surface area contributed by atoms with E-state index < -0.39 is 5.97 Å². The summed E-state index contributed by atoms with van der Waals surface area (Å²) in [4.78, 5) is 38.1. The standard InChI is InChI=1S/C23H21N3O4/c1-16-12-13-24-26(16)20-10-6-18(7-11-20)23(29)30-15-21(27)17-4-8-19(9-5-17)25-14-2-3-22(25)28/h4-13H,2-3,14-15H2,1H3. The van der Waals surface area contributed by atoms with Crippen LogP contribution in [0.2, 0.25) is 0 Å². The van der Waals surface area contributed by atoms with Crippen molar-refractivity contribution in [3.8, 4) is 5.69 Å². The van der Waals surface area contributed by atoms with Crippen molar-refractivity contribution in [3.63, 3.8) is 0 Å². The van der Waals surface area contributed by atoms with Crippen LogP contribution in [0, 0.1) is 6.92 Å². The van der Waals surface area contributed by atoms with Gasteiger partial charge < -0.3 is 9.64 Å². The fraction of sp³-hybridized carbons (Fsp3) is 0.217. The van der Waals surface area contributed by atoms with Gasteiger partial charge in [0.25, 0.3) is 0 Å². The van der Waals surface area contributed by atoms with Crippen LogP contribution in [0.15, 0.2) is 60.8 Å². The summed E-state index contributed by atoms with van der Waals surface area (Å²) in [5, 5.41) is 4.22. The molecule has 1 aliphatic heterocycles. The Balaban J connectivity index is 1.35. The fourth-order valence-corrected chi connectivity index (χ4v) is 3.42. The highest BCUT2D eigenvalue weighted by molar-refractivity contribution is 6.00. The maximum atomic E-state index is 12.4. The molecule has 0 bridgehead atoms. The maximum absolute atomic E-state index is 12.4. The van der Waals surface area contributed by atoms with Gasteiger partial charge in [-0.2, -0.15) is 5.10 Å². The number of aromatic nitrogens is 2. The van der Waals surface area contributed by atoms with E-state index in [1.165, 1.54) is 0 Å². The molecule has 4 rings (SSSR count). The number of carbonyl (C=O) groups is 3. The second kappa shape index (κ2) is 8.32. The zero-order valence-corrected chi connectivity index (χ0v) is 16.6. The Morgan fingerprint density at radius 1 is 0.967 bits per heavy atom. The third-order valence-electron chi connectivity index (χ3n) is 5.09. The van der Waals surface area contributed by atoms with E-state index in [1.807, 2.05) is 13.0 Å². The molecular formula is C23H21N3O4. The predicted molar refractivity (Wildman–Crippen MR) is 111 cm³/mol. The number of Topliss-reactive ketones (excluding diaryl/α,β-unsaturated/α-hetero) is 1. The molecule has 1 aliphatic rings. The molecule has 1 fully saturated rings. The van der Waals surface area contributed by atoms with Gasteiger partial charge in [-0.15, -0.1) is 0 Å². The number of benzene rings is 2. The van der Waals surface area contributed by atoms with Crippen LogP contribution in [0.5, 0.6) is 0 Å². The first kappa shape index (κ1) is 19.6. The summed E-state index contributed by atoms with van der Waals surface area (Å²) < 4.78 is 6.93. The molecule has 152 valence electrons. The van der Waals surface area contributed by atoms with E-state index in [1.54, 1.807) is 64.3 Å². The average Bonchev–Trinajstić information content (AvgIpc) is 3.40. The minimum atomic E-state index is -0.564. The Kier molecular flexibility index (Phi) is 5.43. The quantitative estimate of drug-likeness (QED) is 0.466. The number of carbonyl (C=O) groups excluding carboxylic acids is 3. The van der Waals surface area contributed by atoms with Crippen LogP contribution in [0.1, 0.15) is 39.3 Å². The van der Waals surface area contributed by atoms with E-state index in [0.29, 0.717) is 24.1 Å². The molecule has 2 aromatic carbocycles. The smallest absolute Gasteiger partial charge is 0.338 e. The van der Waals surface area contributed by atoms with E-state index >= 15 is 0 Å². The van der Waals surface area contributed by atoms with Gasteiger partial charge in [-0.25, -0.2) is 9.48 Å². The third kappa shape index (κ3) is 4.00. The largest absolute Gasteiger partial charge is 0.454 e. The molecule has 3 aromatic rings. The molecule has 0 unspecified atom stereocenters. The molecule has 0 aliphatic carbocycles. The van der Waals surface area contributed by atoms with E-state index in [-0.39, 0.29) is 18.3 Å². The number of hydrogen-bond acceptors (Lipinski definition) is 5. The van der Waals surface area contributed by atoms with Gasteiger partial charge in [0.05, 0.1) is 11.3 Å². The number of ketones is 1. The molecular weight excluding hydrogens is 382 g/mol. The maximum Gasteiger partial charge on any atom is 0.338 e. The molecule has 30 heavy (non-hydrogen) atoms. The molecule has 0 spiro atoms. The summed E-state index contributed by atoms with van der Waals surface area (Å²) in [6.07, 6.45) is 3.11. The molecule has 2 heterocycles. The van der Waals surface area contributed by atoms with Gasteiger partial charge in [0.1, 0.15) is 0 Å². The highest BCUT2D eigenvalue weighted by Gasteiger charge is 2.21. The van der Waals surface area contributed by atoms with Crippen molar-refractivity contribution in [1.29, 1.82) is 0 Å². The van der Waals surface area contributed by atoms with E-state index in [2.05, 4.69) is 5.10 Å². The van der Waals surface area contributed by atoms with Gasteiger partial charge in [0, 0.05) is 36.1 Å². The number of aryl methyl sites for hydroxylation is 1. The lowest BCUT2D eigenvalue weighted by Crippen LogP contribution is -2.23. The van der Waals surface area contributed by atoms with Gasteiger partial charge in [0.2, 0.25) is 5.91 Å². The number of nitrogens with zero attached hydrogens (tertiary/aromatic N) is 3. The average molecular weight is 403 g/mol. The normalized spacial score (nSPS) is 13.5. The van der Waals surface area contributed by atoms with Crippen LogP contribution in [-0.4, -0.2) is 40.6 Å². The molecule has 1 saturated heterocycles. The first-order valence-corrected chi connectivity index (χ1v) is 9.75. The van der Waals surface area contributed by atoms with E-state index in [4.69, 9.17) is 4.74 Å². The molecule has 0 N–H and O–H groups in total. The Morgan fingerprint density at radius 3 is 2.23 bits per heavy atom. The molecule has 0 saturated carbocycles. The second-order valence-electron chi connectivity index (χ2n) is 7.13. The van der Waals surface area contributed by atoms with Crippen molar-refractivity contribution in [2.75, 3.05) is 18.1 Å². The molecule has 0 radical (unpaired) electrons. The van der Waals surface area contributed by atoms with Gasteiger partial charge in [0.15, 0.2) is 12.4 Å². The molecule has 7 heteroatoms. The summed E-state index contributed by atoms with van der Waals surface area (Å²) in [7, 11) is 0. The lowest BCUT2D eigenvalue weighted by molar-refractivity contribution is -0.117. The minimum absolute atomic E-state index is 0.0942. The van der Waals surface area contributed by atoms with Crippen molar-refractivity contribution >= 4 is 23.3 Å². The highest BCUT2D eigenvalue weighted by atomic mass is 16.5. The van der Waals surface area contributed by atoms with Crippen LogP contribution in [0.3, 0.4) is 0 Å². The molecule has 1 aromatic heterocycles. The lowest BCUT2D eigenvalue weighted by Gasteiger charge is -2.15. The monoisotopic (exact) mass is 403 g/mol. The molecule has 1 amide bonds. The molecule has 7 nitrogen and oxygen atoms in total. The van der Waals surface area contributed by atoms with Gasteiger partial charge in [-0.05, 0) is 67.9 Å². The summed E-state index contributed by atoms with van der Waals surface area (Å²) in [5.41, 5.74) is 3.39. The van der Waals surface area contributed by atoms with Gasteiger partial charge in [-0.3, -0.25) is 9.59 Å². The number of ether oxygens (including phenoxy) is 1. The number of esters is 1. The minimum Gasteiger partial charge on any atom is -0.454 e.